The highest BCUT2D eigenvalue weighted by atomic mass is 31.2. The minimum atomic E-state index is -3.67. The minimum Gasteiger partial charge on any atom is -0.504 e. The predicted octanol–water partition coefficient (Wildman–Crippen LogP) is 4.25. The van der Waals surface area contributed by atoms with Crippen molar-refractivity contribution in [2.24, 2.45) is 0 Å². The maximum absolute atomic E-state index is 12.6. The molecule has 2 rings (SSSR count). The van der Waals surface area contributed by atoms with Crippen LogP contribution in [0.5, 0.6) is 17.2 Å². The first-order valence-electron chi connectivity index (χ1n) is 7.21. The largest absolute Gasteiger partial charge is 0.504 e. The van der Waals surface area contributed by atoms with Crippen molar-refractivity contribution in [1.29, 1.82) is 0 Å². The van der Waals surface area contributed by atoms with Gasteiger partial charge in [0.2, 0.25) is 0 Å². The van der Waals surface area contributed by atoms with Crippen molar-refractivity contribution >= 4 is 13.3 Å². The Bertz CT molecular complexity index is 752. The third kappa shape index (κ3) is 4.50. The summed E-state index contributed by atoms with van der Waals surface area (Å²) in [5.74, 6) is 1.55. The van der Waals surface area contributed by atoms with Crippen LogP contribution in [0.25, 0.3) is 0 Å². The molecule has 1 unspecified atom stereocenters. The summed E-state index contributed by atoms with van der Waals surface area (Å²) >= 11 is 0. The van der Waals surface area contributed by atoms with Crippen molar-refractivity contribution in [3.05, 3.63) is 54.6 Å². The molecule has 7 nitrogen and oxygen atoms in total. The van der Waals surface area contributed by atoms with Gasteiger partial charge in [0.25, 0.3) is 0 Å². The third-order valence-corrected chi connectivity index (χ3v) is 4.21. The molecular weight excluding hydrogens is 331 g/mol. The number of pyridine rings is 1. The first-order valence-corrected chi connectivity index (χ1v) is 8.82. The number of hydrogen-bond acceptors (Lipinski definition) is 7. The average Bonchev–Trinajstić information content (AvgIpc) is 2.59. The van der Waals surface area contributed by atoms with Crippen LogP contribution in [0, 0.1) is 6.92 Å². The lowest BCUT2D eigenvalue weighted by Crippen LogP contribution is -2.03. The Labute approximate surface area is 140 Å². The zero-order valence-corrected chi connectivity index (χ0v) is 14.3. The molecule has 2 N–H and O–H groups in total. The second kappa shape index (κ2) is 7.86. The van der Waals surface area contributed by atoms with Crippen LogP contribution in [-0.4, -0.2) is 16.7 Å². The molecule has 1 aromatic heterocycles. The number of aryl methyl sites for hydroxylation is 1. The first-order chi connectivity index (χ1) is 11.5. The van der Waals surface area contributed by atoms with Crippen LogP contribution in [0.4, 0.5) is 5.69 Å². The van der Waals surface area contributed by atoms with Crippen LogP contribution in [-0.2, 0) is 9.19 Å². The summed E-state index contributed by atoms with van der Waals surface area (Å²) < 4.78 is 28.6. The highest BCUT2D eigenvalue weighted by molar-refractivity contribution is 7.57. The molecular formula is C16H19N2O5P. The predicted molar refractivity (Wildman–Crippen MR) is 91.4 cm³/mol. The van der Waals surface area contributed by atoms with Gasteiger partial charge in [0.15, 0.2) is 11.5 Å². The molecule has 0 amide bonds. The van der Waals surface area contributed by atoms with Crippen LogP contribution in [0.2, 0.25) is 0 Å². The monoisotopic (exact) mass is 350 g/mol. The fourth-order valence-electron chi connectivity index (χ4n) is 1.81. The number of nitrogens with one attached hydrogen (secondary N) is 1. The van der Waals surface area contributed by atoms with Crippen molar-refractivity contribution in [3.63, 3.8) is 0 Å². The smallest absolute Gasteiger partial charge is 0.424 e. The van der Waals surface area contributed by atoms with Crippen LogP contribution < -0.4 is 14.7 Å². The molecule has 0 aliphatic carbocycles. The number of aromatic hydroxyl groups is 1. The number of rotatable bonds is 8. The van der Waals surface area contributed by atoms with Gasteiger partial charge < -0.3 is 14.4 Å². The lowest BCUT2D eigenvalue weighted by molar-refractivity contribution is 0.311. The fraction of sp³-hybridized carbons (Fsp3) is 0.188. The van der Waals surface area contributed by atoms with Gasteiger partial charge in [0.05, 0.1) is 18.5 Å². The van der Waals surface area contributed by atoms with Crippen molar-refractivity contribution < 1.29 is 23.6 Å². The topological polar surface area (TPSA) is 89.9 Å². The lowest BCUT2D eigenvalue weighted by Gasteiger charge is -2.18. The van der Waals surface area contributed by atoms with E-state index in [9.17, 15) is 9.67 Å². The number of aromatic nitrogens is 1. The minimum absolute atomic E-state index is 0.00652. The molecule has 0 spiro atoms. The molecule has 128 valence electrons. The van der Waals surface area contributed by atoms with Gasteiger partial charge in [0.1, 0.15) is 5.75 Å². The molecule has 1 aromatic carbocycles. The lowest BCUT2D eigenvalue weighted by atomic mass is 10.2. The molecule has 1 heterocycles. The molecule has 1 atom stereocenters. The van der Waals surface area contributed by atoms with Gasteiger partial charge in [-0.05, 0) is 37.6 Å². The number of ether oxygens (including phenoxy) is 1. The van der Waals surface area contributed by atoms with Gasteiger partial charge in [-0.25, -0.2) is 4.57 Å². The van der Waals surface area contributed by atoms with E-state index in [0.717, 1.165) is 5.82 Å². The van der Waals surface area contributed by atoms with Crippen LogP contribution in [0.1, 0.15) is 12.5 Å². The summed E-state index contributed by atoms with van der Waals surface area (Å²) in [7, 11) is -3.67. The van der Waals surface area contributed by atoms with E-state index in [1.807, 2.05) is 0 Å². The SMILES string of the molecule is C=CP(=O)(ONc1cccnc1)Oc1cc(C)c(O)c(OCC)c1. The van der Waals surface area contributed by atoms with E-state index in [2.05, 4.69) is 17.0 Å². The van der Waals surface area contributed by atoms with Gasteiger partial charge in [-0.1, -0.05) is 6.58 Å². The van der Waals surface area contributed by atoms with Crippen molar-refractivity contribution in [2.45, 2.75) is 13.8 Å². The Morgan fingerprint density at radius 3 is 2.88 bits per heavy atom. The van der Waals surface area contributed by atoms with Crippen molar-refractivity contribution in [3.8, 4) is 17.2 Å². The maximum Gasteiger partial charge on any atom is 0.424 e. The Morgan fingerprint density at radius 1 is 1.46 bits per heavy atom. The highest BCUT2D eigenvalue weighted by Crippen LogP contribution is 2.50. The number of nitrogens with zero attached hydrogens (tertiary/aromatic N) is 1. The summed E-state index contributed by atoms with van der Waals surface area (Å²) in [4.78, 5) is 3.91. The number of hydrogen-bond donors (Lipinski definition) is 2. The van der Waals surface area contributed by atoms with Gasteiger partial charge in [0, 0.05) is 18.1 Å². The normalized spacial score (nSPS) is 12.9. The highest BCUT2D eigenvalue weighted by Gasteiger charge is 2.24. The second-order valence-corrected chi connectivity index (χ2v) is 6.58. The molecule has 0 fully saturated rings. The molecule has 0 radical (unpaired) electrons. The summed E-state index contributed by atoms with van der Waals surface area (Å²) in [6.45, 7) is 7.33. The Kier molecular flexibility index (Phi) is 5.84. The van der Waals surface area contributed by atoms with Gasteiger partial charge in [-0.2, -0.15) is 4.62 Å². The fourth-order valence-corrected chi connectivity index (χ4v) is 2.63. The molecule has 24 heavy (non-hydrogen) atoms. The second-order valence-electron chi connectivity index (χ2n) is 4.77. The van der Waals surface area contributed by atoms with Gasteiger partial charge in [-0.3, -0.25) is 10.5 Å². The van der Waals surface area contributed by atoms with E-state index < -0.39 is 7.60 Å². The standard InChI is InChI=1S/C16H19N2O5P/c1-4-21-15-10-14(9-12(3)16(15)19)22-24(20,5-2)23-18-13-7-6-8-17-11-13/h5-11,18-19H,2,4H2,1,3H3. The van der Waals surface area contributed by atoms with E-state index in [1.165, 1.54) is 18.3 Å². The van der Waals surface area contributed by atoms with Crippen LogP contribution in [0.15, 0.2) is 49.1 Å². The quantitative estimate of drug-likeness (QED) is 0.543. The van der Waals surface area contributed by atoms with Gasteiger partial charge >= 0.3 is 7.60 Å². The van der Waals surface area contributed by atoms with E-state index in [0.29, 0.717) is 17.9 Å². The summed E-state index contributed by atoms with van der Waals surface area (Å²) in [6.07, 6.45) is 3.11. The van der Waals surface area contributed by atoms with E-state index in [-0.39, 0.29) is 17.2 Å². The van der Waals surface area contributed by atoms with Crippen LogP contribution in [0.3, 0.4) is 0 Å². The Morgan fingerprint density at radius 2 is 2.25 bits per heavy atom. The molecule has 8 heteroatoms. The molecule has 0 aliphatic heterocycles. The summed E-state index contributed by atoms with van der Waals surface area (Å²) in [5, 5.41) is 9.94. The molecule has 0 aliphatic rings. The Hall–Kier alpha value is -2.50. The Balaban J connectivity index is 2.16. The molecule has 0 bridgehead atoms. The summed E-state index contributed by atoms with van der Waals surface area (Å²) in [6, 6.07) is 6.36. The number of phenols is 1. The molecule has 0 saturated carbocycles. The molecule has 0 saturated heterocycles. The number of anilines is 1. The first kappa shape index (κ1) is 17.8. The van der Waals surface area contributed by atoms with Gasteiger partial charge in [-0.15, -0.1) is 0 Å². The number of benzene rings is 1. The maximum atomic E-state index is 12.6. The zero-order chi connectivity index (χ0) is 17.6. The molecule has 2 aromatic rings. The van der Waals surface area contributed by atoms with Crippen molar-refractivity contribution in [1.82, 2.24) is 4.98 Å². The summed E-state index contributed by atoms with van der Waals surface area (Å²) in [5.41, 5.74) is 3.55. The van der Waals surface area contributed by atoms with E-state index >= 15 is 0 Å². The van der Waals surface area contributed by atoms with Crippen LogP contribution >= 0.6 is 7.60 Å². The van der Waals surface area contributed by atoms with E-state index in [4.69, 9.17) is 13.9 Å². The zero-order valence-electron chi connectivity index (χ0n) is 13.4. The van der Waals surface area contributed by atoms with Crippen molar-refractivity contribution in [2.75, 3.05) is 12.1 Å². The van der Waals surface area contributed by atoms with E-state index in [1.54, 1.807) is 32.2 Å². The number of phenolic OH excluding ortho intramolecular Hbond substituents is 1. The third-order valence-electron chi connectivity index (χ3n) is 2.95. The average molecular weight is 350 g/mol.